The average Bonchev–Trinajstić information content (AvgIpc) is 3.31. The number of aliphatic imine (C=N–C) groups is 1. The maximum Gasteiger partial charge on any atom is 0.337 e. The minimum atomic E-state index is -1.10. The first-order valence-electron chi connectivity index (χ1n) is 8.99. The van der Waals surface area contributed by atoms with Crippen LogP contribution in [0, 0.1) is 6.92 Å². The summed E-state index contributed by atoms with van der Waals surface area (Å²) >= 11 is 13.3. The summed E-state index contributed by atoms with van der Waals surface area (Å²) in [5.41, 5.74) is 2.23. The fourth-order valence-corrected chi connectivity index (χ4v) is 4.06. The van der Waals surface area contributed by atoms with E-state index >= 15 is 0 Å². The van der Waals surface area contributed by atoms with Gasteiger partial charge in [-0.05, 0) is 60.6 Å². The molecule has 2 N–H and O–H groups in total. The molecule has 0 bridgehead atoms. The normalized spacial score (nSPS) is 16.2. The van der Waals surface area contributed by atoms with Crippen LogP contribution in [0.5, 0.6) is 0 Å². The van der Waals surface area contributed by atoms with E-state index in [0.29, 0.717) is 37.9 Å². The highest BCUT2D eigenvalue weighted by molar-refractivity contribution is 8.18. The third kappa shape index (κ3) is 4.69. The fourth-order valence-electron chi connectivity index (χ4n) is 2.81. The van der Waals surface area contributed by atoms with Crippen molar-refractivity contribution < 1.29 is 19.1 Å². The topological polar surface area (TPSA) is 91.9 Å². The van der Waals surface area contributed by atoms with E-state index in [-0.39, 0.29) is 16.5 Å². The van der Waals surface area contributed by atoms with E-state index < -0.39 is 5.97 Å². The molecule has 4 rings (SSSR count). The second-order valence-corrected chi connectivity index (χ2v) is 8.46. The highest BCUT2D eigenvalue weighted by atomic mass is 35.5. The van der Waals surface area contributed by atoms with Gasteiger partial charge < -0.3 is 14.8 Å². The van der Waals surface area contributed by atoms with Gasteiger partial charge in [-0.2, -0.15) is 0 Å². The number of carboxylic acids is 1. The Morgan fingerprint density at radius 3 is 2.65 bits per heavy atom. The number of amides is 1. The molecule has 1 aromatic heterocycles. The number of nitrogens with zero attached hydrogens (tertiary/aromatic N) is 1. The Kier molecular flexibility index (Phi) is 5.91. The Bertz CT molecular complexity index is 1280. The van der Waals surface area contributed by atoms with Gasteiger partial charge in [-0.3, -0.25) is 4.79 Å². The number of nitrogens with one attached hydrogen (secondary N) is 1. The number of hydrogen-bond acceptors (Lipinski definition) is 5. The number of amidine groups is 1. The summed E-state index contributed by atoms with van der Waals surface area (Å²) in [4.78, 5) is 28.2. The number of carboxylic acid groups (broad SMARTS) is 1. The van der Waals surface area contributed by atoms with Crippen molar-refractivity contribution in [3.63, 3.8) is 0 Å². The van der Waals surface area contributed by atoms with Gasteiger partial charge in [-0.15, -0.1) is 0 Å². The summed E-state index contributed by atoms with van der Waals surface area (Å²) in [6, 6.07) is 13.4. The van der Waals surface area contributed by atoms with E-state index in [2.05, 4.69) is 10.3 Å². The van der Waals surface area contributed by atoms with Gasteiger partial charge in [-0.25, -0.2) is 9.79 Å². The maximum atomic E-state index is 12.3. The van der Waals surface area contributed by atoms with Crippen LogP contribution in [0.3, 0.4) is 0 Å². The quantitative estimate of drug-likeness (QED) is 0.444. The van der Waals surface area contributed by atoms with Gasteiger partial charge in [0.2, 0.25) is 0 Å². The van der Waals surface area contributed by atoms with Gasteiger partial charge in [0.1, 0.15) is 11.5 Å². The molecule has 0 atom stereocenters. The van der Waals surface area contributed by atoms with Crippen molar-refractivity contribution in [2.75, 3.05) is 0 Å². The molecule has 9 heteroatoms. The molecule has 2 aromatic carbocycles. The number of hydrogen-bond donors (Lipinski definition) is 2. The van der Waals surface area contributed by atoms with Crippen molar-refractivity contribution in [3.05, 3.63) is 80.4 Å². The lowest BCUT2D eigenvalue weighted by Gasteiger charge is -2.01. The molecule has 6 nitrogen and oxygen atoms in total. The minimum absolute atomic E-state index is 0.0139. The largest absolute Gasteiger partial charge is 0.478 e. The second-order valence-electron chi connectivity index (χ2n) is 6.62. The molecule has 2 heterocycles. The lowest BCUT2D eigenvalue weighted by molar-refractivity contribution is -0.115. The van der Waals surface area contributed by atoms with E-state index in [4.69, 9.17) is 32.7 Å². The lowest BCUT2D eigenvalue weighted by atomic mass is 10.1. The fraction of sp³-hybridized carbons (Fsp3) is 0.0455. The summed E-state index contributed by atoms with van der Waals surface area (Å²) in [6.45, 7) is 1.90. The molecule has 0 unspecified atom stereocenters. The smallest absolute Gasteiger partial charge is 0.337 e. The molecule has 3 aromatic rings. The zero-order chi connectivity index (χ0) is 22.1. The van der Waals surface area contributed by atoms with Crippen LogP contribution < -0.4 is 5.32 Å². The predicted octanol–water partition coefficient (Wildman–Crippen LogP) is 6.15. The van der Waals surface area contributed by atoms with E-state index in [9.17, 15) is 9.59 Å². The summed E-state index contributed by atoms with van der Waals surface area (Å²) in [5.74, 6) is -0.423. The molecule has 0 aliphatic carbocycles. The van der Waals surface area contributed by atoms with Gasteiger partial charge >= 0.3 is 5.97 Å². The van der Waals surface area contributed by atoms with Gasteiger partial charge in [-0.1, -0.05) is 35.3 Å². The standard InChI is InChI=1S/C22H14Cl2N2O4S/c1-11-2-4-13(9-16(11)23)25-22-26-20(27)19(31-22)10-14-5-7-18(30-14)12-3-6-15(21(28)29)17(24)8-12/h2-10H,1H3,(H,28,29)(H,25,26,27)/b19-10-. The zero-order valence-corrected chi connectivity index (χ0v) is 18.3. The van der Waals surface area contributed by atoms with Gasteiger partial charge in [0.15, 0.2) is 5.17 Å². The Labute approximate surface area is 191 Å². The van der Waals surface area contributed by atoms with Crippen LogP contribution in [0.2, 0.25) is 10.0 Å². The van der Waals surface area contributed by atoms with Crippen LogP contribution in [0.1, 0.15) is 21.7 Å². The molecule has 1 aliphatic heterocycles. The third-order valence-electron chi connectivity index (χ3n) is 4.42. The molecule has 0 spiro atoms. The molecule has 0 radical (unpaired) electrons. The summed E-state index contributed by atoms with van der Waals surface area (Å²) in [6.07, 6.45) is 1.61. The third-order valence-corrected chi connectivity index (χ3v) is 6.05. The van der Waals surface area contributed by atoms with Crippen LogP contribution in [0.25, 0.3) is 17.4 Å². The van der Waals surface area contributed by atoms with Gasteiger partial charge in [0.05, 0.1) is 21.2 Å². The van der Waals surface area contributed by atoms with Crippen LogP contribution in [0.15, 0.2) is 62.8 Å². The number of thioether (sulfide) groups is 1. The predicted molar refractivity (Wildman–Crippen MR) is 123 cm³/mol. The molecule has 1 saturated heterocycles. The molecular weight excluding hydrogens is 459 g/mol. The number of aryl methyl sites for hydroxylation is 1. The first kappa shape index (κ1) is 21.2. The summed E-state index contributed by atoms with van der Waals surface area (Å²) in [7, 11) is 0. The molecule has 1 fully saturated rings. The van der Waals surface area contributed by atoms with Crippen molar-refractivity contribution in [2.45, 2.75) is 6.92 Å². The number of furan rings is 1. The van der Waals surface area contributed by atoms with E-state index in [1.807, 2.05) is 19.1 Å². The number of benzene rings is 2. The van der Waals surface area contributed by atoms with Crippen molar-refractivity contribution in [3.8, 4) is 11.3 Å². The van der Waals surface area contributed by atoms with E-state index in [1.54, 1.807) is 30.3 Å². The van der Waals surface area contributed by atoms with E-state index in [0.717, 1.165) is 5.56 Å². The average molecular weight is 473 g/mol. The first-order chi connectivity index (χ1) is 14.8. The number of carbonyl (C=O) groups excluding carboxylic acids is 1. The highest BCUT2D eigenvalue weighted by Gasteiger charge is 2.24. The van der Waals surface area contributed by atoms with Gasteiger partial charge in [0.25, 0.3) is 5.91 Å². The maximum absolute atomic E-state index is 12.3. The molecule has 156 valence electrons. The van der Waals surface area contributed by atoms with Crippen LogP contribution >= 0.6 is 35.0 Å². The number of aromatic carboxylic acids is 1. The Morgan fingerprint density at radius 2 is 1.94 bits per heavy atom. The molecule has 1 aliphatic rings. The van der Waals surface area contributed by atoms with Crippen molar-refractivity contribution in [1.29, 1.82) is 0 Å². The summed E-state index contributed by atoms with van der Waals surface area (Å²) < 4.78 is 5.78. The number of carbonyl (C=O) groups is 2. The minimum Gasteiger partial charge on any atom is -0.478 e. The molecule has 31 heavy (non-hydrogen) atoms. The molecule has 1 amide bonds. The van der Waals surface area contributed by atoms with Crippen molar-refractivity contribution in [2.24, 2.45) is 4.99 Å². The van der Waals surface area contributed by atoms with Crippen molar-refractivity contribution in [1.82, 2.24) is 5.32 Å². The van der Waals surface area contributed by atoms with E-state index in [1.165, 1.54) is 23.9 Å². The highest BCUT2D eigenvalue weighted by Crippen LogP contribution is 2.32. The monoisotopic (exact) mass is 472 g/mol. The Balaban J connectivity index is 1.54. The van der Waals surface area contributed by atoms with Crippen LogP contribution in [0.4, 0.5) is 5.69 Å². The SMILES string of the molecule is Cc1ccc(N=C2NC(=O)/C(=C/c3ccc(-c4ccc(C(=O)O)c(Cl)c4)o3)S2)cc1Cl. The van der Waals surface area contributed by atoms with Crippen LogP contribution in [-0.2, 0) is 4.79 Å². The lowest BCUT2D eigenvalue weighted by Crippen LogP contribution is -2.19. The molecular formula is C22H14Cl2N2O4S. The number of halogens is 2. The second kappa shape index (κ2) is 8.63. The first-order valence-corrected chi connectivity index (χ1v) is 10.6. The van der Waals surface area contributed by atoms with Gasteiger partial charge in [0, 0.05) is 16.7 Å². The van der Waals surface area contributed by atoms with Crippen LogP contribution in [-0.4, -0.2) is 22.2 Å². The summed E-state index contributed by atoms with van der Waals surface area (Å²) in [5, 5.41) is 13.0. The zero-order valence-electron chi connectivity index (χ0n) is 16.0. The Morgan fingerprint density at radius 1 is 1.13 bits per heavy atom. The Hall–Kier alpha value is -3.00. The molecule has 0 saturated carbocycles. The van der Waals surface area contributed by atoms with Crippen molar-refractivity contribution >= 4 is 63.8 Å². The number of rotatable bonds is 4.